The molecule has 5 heteroatoms. The summed E-state index contributed by atoms with van der Waals surface area (Å²) in [6.07, 6.45) is 0. The molecular weight excluding hydrogens is 262 g/mol. The van der Waals surface area contributed by atoms with E-state index in [0.717, 1.165) is 17.4 Å². The minimum Gasteiger partial charge on any atom is -0.369 e. The average Bonchev–Trinajstić information content (AvgIpc) is 2.54. The van der Waals surface area contributed by atoms with Crippen LogP contribution in [0.3, 0.4) is 0 Å². The maximum absolute atomic E-state index is 9.31. The molecule has 1 N–H and O–H groups in total. The summed E-state index contributed by atoms with van der Waals surface area (Å²) in [6, 6.07) is 15.5. The maximum atomic E-state index is 9.31. The van der Waals surface area contributed by atoms with Gasteiger partial charge in [0, 0.05) is 17.5 Å². The molecule has 2 heterocycles. The van der Waals surface area contributed by atoms with Gasteiger partial charge in [-0.1, -0.05) is 18.2 Å². The van der Waals surface area contributed by atoms with Gasteiger partial charge >= 0.3 is 0 Å². The number of aromatic nitrogens is 3. The summed E-state index contributed by atoms with van der Waals surface area (Å²) in [6.45, 7) is 2.78. The van der Waals surface area contributed by atoms with E-state index in [1.54, 1.807) is 0 Å². The van der Waals surface area contributed by atoms with Gasteiger partial charge in [0.15, 0.2) is 5.69 Å². The molecule has 0 aliphatic heterocycles. The van der Waals surface area contributed by atoms with Crippen molar-refractivity contribution in [2.75, 3.05) is 11.9 Å². The van der Waals surface area contributed by atoms with Gasteiger partial charge in [0.05, 0.1) is 11.2 Å². The molecule has 102 valence electrons. The molecule has 0 aliphatic carbocycles. The third-order valence-corrected chi connectivity index (χ3v) is 3.13. The molecule has 0 amide bonds. The first kappa shape index (κ1) is 13.0. The molecule has 21 heavy (non-hydrogen) atoms. The van der Waals surface area contributed by atoms with E-state index >= 15 is 0 Å². The van der Waals surface area contributed by atoms with E-state index in [1.807, 2.05) is 49.4 Å². The summed E-state index contributed by atoms with van der Waals surface area (Å²) in [5, 5.41) is 21.7. The summed E-state index contributed by atoms with van der Waals surface area (Å²) in [4.78, 5) is 4.38. The predicted molar refractivity (Wildman–Crippen MR) is 81.6 cm³/mol. The van der Waals surface area contributed by atoms with Crippen LogP contribution in [0.5, 0.6) is 0 Å². The molecule has 0 bridgehead atoms. The van der Waals surface area contributed by atoms with Crippen LogP contribution in [0.2, 0.25) is 0 Å². The molecule has 0 atom stereocenters. The van der Waals surface area contributed by atoms with E-state index in [4.69, 9.17) is 0 Å². The number of rotatable bonds is 3. The Labute approximate surface area is 122 Å². The van der Waals surface area contributed by atoms with Crippen LogP contribution in [0.25, 0.3) is 22.2 Å². The van der Waals surface area contributed by atoms with Crippen LogP contribution in [0, 0.1) is 11.3 Å². The second kappa shape index (κ2) is 5.55. The number of para-hydroxylation sites is 1. The normalized spacial score (nSPS) is 10.3. The number of hydrogen-bond donors (Lipinski definition) is 1. The average molecular weight is 275 g/mol. The maximum Gasteiger partial charge on any atom is 0.150 e. The lowest BCUT2D eigenvalue weighted by molar-refractivity contribution is 1.02. The van der Waals surface area contributed by atoms with Crippen LogP contribution in [0.15, 0.2) is 42.5 Å². The van der Waals surface area contributed by atoms with Gasteiger partial charge in [-0.15, -0.1) is 10.2 Å². The smallest absolute Gasteiger partial charge is 0.150 e. The van der Waals surface area contributed by atoms with Gasteiger partial charge < -0.3 is 5.32 Å². The third-order valence-electron chi connectivity index (χ3n) is 3.13. The Hall–Kier alpha value is -3.00. The number of pyridine rings is 1. The molecule has 3 rings (SSSR count). The first-order chi connectivity index (χ1) is 10.3. The van der Waals surface area contributed by atoms with Gasteiger partial charge in [-0.25, -0.2) is 4.98 Å². The summed E-state index contributed by atoms with van der Waals surface area (Å²) in [5.41, 5.74) is 2.51. The van der Waals surface area contributed by atoms with Crippen molar-refractivity contribution < 1.29 is 0 Å². The highest BCUT2D eigenvalue weighted by Crippen LogP contribution is 2.24. The quantitative estimate of drug-likeness (QED) is 0.795. The number of nitriles is 1. The van der Waals surface area contributed by atoms with E-state index < -0.39 is 0 Å². The van der Waals surface area contributed by atoms with Crippen molar-refractivity contribution in [3.63, 3.8) is 0 Å². The monoisotopic (exact) mass is 275 g/mol. The van der Waals surface area contributed by atoms with Crippen molar-refractivity contribution in [3.05, 3.63) is 48.2 Å². The highest BCUT2D eigenvalue weighted by Gasteiger charge is 2.10. The summed E-state index contributed by atoms with van der Waals surface area (Å²) >= 11 is 0. The Morgan fingerprint density at radius 2 is 2.00 bits per heavy atom. The number of hydrogen-bond acceptors (Lipinski definition) is 5. The molecule has 0 aliphatic rings. The summed E-state index contributed by atoms with van der Waals surface area (Å²) in [5.74, 6) is 0.716. The third kappa shape index (κ3) is 2.51. The Bertz CT molecular complexity index is 818. The second-order valence-corrected chi connectivity index (χ2v) is 4.52. The van der Waals surface area contributed by atoms with Crippen molar-refractivity contribution in [2.24, 2.45) is 0 Å². The second-order valence-electron chi connectivity index (χ2n) is 4.52. The van der Waals surface area contributed by atoms with Crippen LogP contribution >= 0.6 is 0 Å². The number of nitrogens with zero attached hydrogens (tertiary/aromatic N) is 4. The lowest BCUT2D eigenvalue weighted by Gasteiger charge is -2.06. The van der Waals surface area contributed by atoms with E-state index in [-0.39, 0.29) is 0 Å². The van der Waals surface area contributed by atoms with Crippen molar-refractivity contribution in [1.82, 2.24) is 15.2 Å². The number of fused-ring (bicyclic) bond motifs is 1. The standard InChI is InChI=1S/C16H13N5/c1-2-18-16-8-7-14(20-21-16)12-9-11-5-3-4-6-13(11)19-15(12)10-17/h3-9H,2H2,1H3,(H,18,21). The van der Waals surface area contributed by atoms with Gasteiger partial charge in [-0.3, -0.25) is 0 Å². The minimum absolute atomic E-state index is 0.360. The molecule has 5 nitrogen and oxygen atoms in total. The van der Waals surface area contributed by atoms with Crippen molar-refractivity contribution in [2.45, 2.75) is 6.92 Å². The molecule has 2 aromatic heterocycles. The Kier molecular flexibility index (Phi) is 3.44. The van der Waals surface area contributed by atoms with Gasteiger partial charge in [-0.2, -0.15) is 5.26 Å². The predicted octanol–water partition coefficient (Wildman–Crippen LogP) is 3.00. The topological polar surface area (TPSA) is 74.5 Å². The molecule has 0 fully saturated rings. The molecule has 1 aromatic carbocycles. The summed E-state index contributed by atoms with van der Waals surface area (Å²) < 4.78 is 0. The van der Waals surface area contributed by atoms with Crippen LogP contribution in [0.1, 0.15) is 12.6 Å². The lowest BCUT2D eigenvalue weighted by atomic mass is 10.1. The Morgan fingerprint density at radius 3 is 2.71 bits per heavy atom. The minimum atomic E-state index is 0.360. The molecule has 0 saturated heterocycles. The van der Waals surface area contributed by atoms with Crippen LogP contribution in [-0.4, -0.2) is 21.7 Å². The first-order valence-electron chi connectivity index (χ1n) is 6.69. The largest absolute Gasteiger partial charge is 0.369 e. The van der Waals surface area contributed by atoms with Gasteiger partial charge in [0.25, 0.3) is 0 Å². The molecule has 0 unspecified atom stereocenters. The van der Waals surface area contributed by atoms with Crippen LogP contribution in [0.4, 0.5) is 5.82 Å². The first-order valence-corrected chi connectivity index (χ1v) is 6.69. The molecule has 0 radical (unpaired) electrons. The van der Waals surface area contributed by atoms with E-state index in [0.29, 0.717) is 22.8 Å². The van der Waals surface area contributed by atoms with Crippen molar-refractivity contribution in [3.8, 4) is 17.3 Å². The zero-order chi connectivity index (χ0) is 14.7. The fraction of sp³-hybridized carbons (Fsp3) is 0.125. The molecule has 3 aromatic rings. The zero-order valence-corrected chi connectivity index (χ0v) is 11.5. The van der Waals surface area contributed by atoms with Gasteiger partial charge in [0.2, 0.25) is 0 Å². The highest BCUT2D eigenvalue weighted by atomic mass is 15.2. The number of benzene rings is 1. The Morgan fingerprint density at radius 1 is 1.14 bits per heavy atom. The van der Waals surface area contributed by atoms with Crippen LogP contribution < -0.4 is 5.32 Å². The highest BCUT2D eigenvalue weighted by molar-refractivity contribution is 5.85. The zero-order valence-electron chi connectivity index (χ0n) is 11.5. The van der Waals surface area contributed by atoms with Crippen LogP contribution in [-0.2, 0) is 0 Å². The summed E-state index contributed by atoms with van der Waals surface area (Å²) in [7, 11) is 0. The van der Waals surface area contributed by atoms with Crippen molar-refractivity contribution >= 4 is 16.7 Å². The fourth-order valence-corrected chi connectivity index (χ4v) is 2.15. The van der Waals surface area contributed by atoms with Crippen molar-refractivity contribution in [1.29, 1.82) is 5.26 Å². The van der Waals surface area contributed by atoms with E-state index in [2.05, 4.69) is 26.6 Å². The van der Waals surface area contributed by atoms with Gasteiger partial charge in [-0.05, 0) is 31.2 Å². The Balaban J connectivity index is 2.12. The van der Waals surface area contributed by atoms with E-state index in [1.165, 1.54) is 0 Å². The SMILES string of the molecule is CCNc1ccc(-c2cc3ccccc3nc2C#N)nn1. The number of anilines is 1. The lowest BCUT2D eigenvalue weighted by Crippen LogP contribution is -2.01. The molecular formula is C16H13N5. The molecule has 0 saturated carbocycles. The number of nitrogens with one attached hydrogen (secondary N) is 1. The van der Waals surface area contributed by atoms with E-state index in [9.17, 15) is 5.26 Å². The molecule has 0 spiro atoms. The fourth-order valence-electron chi connectivity index (χ4n) is 2.15. The van der Waals surface area contributed by atoms with Gasteiger partial charge in [0.1, 0.15) is 11.9 Å².